The molecule has 0 saturated carbocycles. The average molecular weight is 367 g/mol. The second kappa shape index (κ2) is 7.40. The monoisotopic (exact) mass is 367 g/mol. The van der Waals surface area contributed by atoms with Crippen molar-refractivity contribution in [3.63, 3.8) is 0 Å². The van der Waals surface area contributed by atoms with Gasteiger partial charge in [-0.15, -0.1) is 0 Å². The third-order valence-electron chi connectivity index (χ3n) is 4.88. The first-order chi connectivity index (χ1) is 13.1. The lowest BCUT2D eigenvalue weighted by molar-refractivity contribution is -0.161. The Hall–Kier alpha value is -2.86. The molecule has 4 rings (SSSR count). The van der Waals surface area contributed by atoms with Gasteiger partial charge in [0.25, 0.3) is 5.91 Å². The highest BCUT2D eigenvalue weighted by Gasteiger charge is 2.36. The Morgan fingerprint density at radius 1 is 1.00 bits per heavy atom. The average Bonchev–Trinajstić information content (AvgIpc) is 2.71. The van der Waals surface area contributed by atoms with Gasteiger partial charge in [-0.3, -0.25) is 9.59 Å². The van der Waals surface area contributed by atoms with Gasteiger partial charge in [0.05, 0.1) is 13.2 Å². The fraction of sp³-hybridized carbons (Fsp3) is 0.333. The molecule has 0 unspecified atom stereocenters. The highest BCUT2D eigenvalue weighted by atomic mass is 16.5. The van der Waals surface area contributed by atoms with Crippen molar-refractivity contribution in [2.24, 2.45) is 0 Å². The zero-order valence-corrected chi connectivity index (χ0v) is 15.1. The van der Waals surface area contributed by atoms with Crippen LogP contribution in [0.5, 0.6) is 11.5 Å². The number of carbonyl (C=O) groups excluding carboxylic acids is 2. The molecule has 0 bridgehead atoms. The van der Waals surface area contributed by atoms with Crippen molar-refractivity contribution < 1.29 is 23.8 Å². The maximum atomic E-state index is 13.0. The molecule has 0 N–H and O–H groups in total. The van der Waals surface area contributed by atoms with Crippen LogP contribution in [0.3, 0.4) is 0 Å². The van der Waals surface area contributed by atoms with Crippen LogP contribution < -0.4 is 4.74 Å². The predicted molar refractivity (Wildman–Crippen MR) is 97.8 cm³/mol. The van der Waals surface area contributed by atoms with Gasteiger partial charge >= 0.3 is 5.97 Å². The Kier molecular flexibility index (Phi) is 4.81. The molecule has 140 valence electrons. The molecule has 6 nitrogen and oxygen atoms in total. The summed E-state index contributed by atoms with van der Waals surface area (Å²) in [5.74, 6) is -0.00528. The summed E-state index contributed by atoms with van der Waals surface area (Å²) in [6.07, 6.45) is -0.849. The summed E-state index contributed by atoms with van der Waals surface area (Å²) in [7, 11) is 0. The van der Waals surface area contributed by atoms with Crippen LogP contribution in [0.2, 0.25) is 0 Å². The summed E-state index contributed by atoms with van der Waals surface area (Å²) in [5.41, 5.74) is 1.49. The number of ether oxygens (including phenoxy) is 3. The van der Waals surface area contributed by atoms with Crippen molar-refractivity contribution in [3.8, 4) is 11.5 Å². The van der Waals surface area contributed by atoms with Gasteiger partial charge in [0.2, 0.25) is 0 Å². The van der Waals surface area contributed by atoms with E-state index in [-0.39, 0.29) is 5.91 Å². The molecular weight excluding hydrogens is 346 g/mol. The van der Waals surface area contributed by atoms with Crippen LogP contribution in [0, 0.1) is 0 Å². The number of amides is 1. The highest BCUT2D eigenvalue weighted by Crippen LogP contribution is 2.44. The molecule has 2 aromatic carbocycles. The standard InChI is InChI=1S/C21H21NO5/c1-14(20(23)22-10-12-25-13-11-22)26-21(24)19-15-6-2-4-8-17(15)27-18-9-5-3-7-16(18)19/h2-9,14,19H,10-13H2,1H3/t14-/m0/s1. The summed E-state index contributed by atoms with van der Waals surface area (Å²) in [6, 6.07) is 14.8. The molecule has 1 fully saturated rings. The second-order valence-electron chi connectivity index (χ2n) is 6.63. The second-order valence-corrected chi connectivity index (χ2v) is 6.63. The Balaban J connectivity index is 1.57. The van der Waals surface area contributed by atoms with Gasteiger partial charge in [0, 0.05) is 24.2 Å². The smallest absolute Gasteiger partial charge is 0.318 e. The number of hydrogen-bond acceptors (Lipinski definition) is 5. The Morgan fingerprint density at radius 2 is 1.56 bits per heavy atom. The summed E-state index contributed by atoms with van der Waals surface area (Å²) in [4.78, 5) is 27.3. The molecule has 1 atom stereocenters. The van der Waals surface area contributed by atoms with Gasteiger partial charge in [0.1, 0.15) is 17.4 Å². The number of benzene rings is 2. The number of rotatable bonds is 3. The van der Waals surface area contributed by atoms with E-state index in [1.54, 1.807) is 11.8 Å². The van der Waals surface area contributed by atoms with Crippen molar-refractivity contribution in [1.82, 2.24) is 4.90 Å². The van der Waals surface area contributed by atoms with Crippen molar-refractivity contribution in [3.05, 3.63) is 59.7 Å². The van der Waals surface area contributed by atoms with Crippen LogP contribution in [0.15, 0.2) is 48.5 Å². The maximum absolute atomic E-state index is 13.0. The lowest BCUT2D eigenvalue weighted by Gasteiger charge is -2.30. The van der Waals surface area contributed by atoms with Crippen molar-refractivity contribution in [1.29, 1.82) is 0 Å². The van der Waals surface area contributed by atoms with Crippen LogP contribution >= 0.6 is 0 Å². The number of esters is 1. The molecule has 1 saturated heterocycles. The first-order valence-electron chi connectivity index (χ1n) is 9.08. The third-order valence-corrected chi connectivity index (χ3v) is 4.88. The highest BCUT2D eigenvalue weighted by molar-refractivity contribution is 5.89. The van der Waals surface area contributed by atoms with E-state index >= 15 is 0 Å². The molecule has 0 spiro atoms. The molecule has 2 heterocycles. The predicted octanol–water partition coefficient (Wildman–Crippen LogP) is 2.71. The Morgan fingerprint density at radius 3 is 2.15 bits per heavy atom. The number of carbonyl (C=O) groups is 2. The largest absolute Gasteiger partial charge is 0.457 e. The number of fused-ring (bicyclic) bond motifs is 2. The number of para-hydroxylation sites is 2. The fourth-order valence-electron chi connectivity index (χ4n) is 3.50. The van der Waals surface area contributed by atoms with E-state index in [4.69, 9.17) is 14.2 Å². The molecule has 1 amide bonds. The third kappa shape index (κ3) is 3.40. The minimum Gasteiger partial charge on any atom is -0.457 e. The van der Waals surface area contributed by atoms with Crippen LogP contribution in [0.1, 0.15) is 24.0 Å². The van der Waals surface area contributed by atoms with Gasteiger partial charge in [-0.25, -0.2) is 0 Å². The zero-order chi connectivity index (χ0) is 18.8. The van der Waals surface area contributed by atoms with Crippen molar-refractivity contribution in [2.45, 2.75) is 18.9 Å². The van der Waals surface area contributed by atoms with Crippen LogP contribution in [-0.2, 0) is 19.1 Å². The van der Waals surface area contributed by atoms with Crippen LogP contribution in [-0.4, -0.2) is 49.2 Å². The van der Waals surface area contributed by atoms with Gasteiger partial charge in [-0.2, -0.15) is 0 Å². The first-order valence-corrected chi connectivity index (χ1v) is 9.08. The lowest BCUT2D eigenvalue weighted by Crippen LogP contribution is -2.46. The van der Waals surface area contributed by atoms with Gasteiger partial charge in [-0.1, -0.05) is 36.4 Å². The van der Waals surface area contributed by atoms with Crippen LogP contribution in [0.25, 0.3) is 0 Å². The van der Waals surface area contributed by atoms with E-state index in [0.717, 1.165) is 11.1 Å². The minimum absolute atomic E-state index is 0.194. The molecule has 2 aromatic rings. The molecule has 6 heteroatoms. The van der Waals surface area contributed by atoms with Crippen LogP contribution in [0.4, 0.5) is 0 Å². The Labute approximate surface area is 157 Å². The molecule has 2 aliphatic rings. The number of morpholine rings is 1. The topological polar surface area (TPSA) is 65.1 Å². The molecule has 27 heavy (non-hydrogen) atoms. The quantitative estimate of drug-likeness (QED) is 0.781. The first kappa shape index (κ1) is 17.5. The molecular formula is C21H21NO5. The summed E-state index contributed by atoms with van der Waals surface area (Å²) in [6.45, 7) is 3.67. The van der Waals surface area contributed by atoms with E-state index in [2.05, 4.69) is 0 Å². The van der Waals surface area contributed by atoms with Crippen molar-refractivity contribution in [2.75, 3.05) is 26.3 Å². The maximum Gasteiger partial charge on any atom is 0.318 e. The van der Waals surface area contributed by atoms with Gasteiger partial charge in [-0.05, 0) is 19.1 Å². The Bertz CT molecular complexity index is 814. The summed E-state index contributed by atoms with van der Waals surface area (Å²) in [5, 5.41) is 0. The van der Waals surface area contributed by atoms with E-state index in [1.807, 2.05) is 48.5 Å². The number of nitrogens with zero attached hydrogens (tertiary/aromatic N) is 1. The molecule has 2 aliphatic heterocycles. The summed E-state index contributed by atoms with van der Waals surface area (Å²) < 4.78 is 16.8. The van der Waals surface area contributed by atoms with Crippen molar-refractivity contribution >= 4 is 11.9 Å². The van der Waals surface area contributed by atoms with Gasteiger partial charge < -0.3 is 19.1 Å². The molecule has 0 aliphatic carbocycles. The SMILES string of the molecule is C[C@H](OC(=O)C1c2ccccc2Oc2ccccc21)C(=O)N1CCOCC1. The fourth-order valence-corrected chi connectivity index (χ4v) is 3.50. The van der Waals surface area contributed by atoms with E-state index in [0.29, 0.717) is 37.8 Å². The van der Waals surface area contributed by atoms with E-state index < -0.39 is 18.0 Å². The normalized spacial score (nSPS) is 17.3. The van der Waals surface area contributed by atoms with E-state index in [1.165, 1.54) is 0 Å². The minimum atomic E-state index is -0.849. The van der Waals surface area contributed by atoms with E-state index in [9.17, 15) is 9.59 Å². The van der Waals surface area contributed by atoms with Gasteiger partial charge in [0.15, 0.2) is 6.10 Å². The zero-order valence-electron chi connectivity index (χ0n) is 15.1. The molecule has 0 radical (unpaired) electrons. The molecule has 0 aromatic heterocycles. The summed E-state index contributed by atoms with van der Waals surface area (Å²) >= 11 is 0. The number of hydrogen-bond donors (Lipinski definition) is 0. The lowest BCUT2D eigenvalue weighted by atomic mass is 9.88.